The SMILES string of the molecule is CCNc1ncc([N+](=O)[O-])c(N(C)CC2CCOCC2)n1. The first-order chi connectivity index (χ1) is 10.1. The van der Waals surface area contributed by atoms with E-state index < -0.39 is 4.92 Å². The predicted octanol–water partition coefficient (Wildman–Crippen LogP) is 1.68. The van der Waals surface area contributed by atoms with E-state index in [1.807, 2.05) is 18.9 Å². The summed E-state index contributed by atoms with van der Waals surface area (Å²) >= 11 is 0. The average molecular weight is 295 g/mol. The Morgan fingerprint density at radius 3 is 2.86 bits per heavy atom. The number of rotatable bonds is 6. The Kier molecular flexibility index (Phi) is 5.26. The lowest BCUT2D eigenvalue weighted by Gasteiger charge is -2.27. The van der Waals surface area contributed by atoms with Gasteiger partial charge in [-0.05, 0) is 25.7 Å². The van der Waals surface area contributed by atoms with Crippen LogP contribution in [0.4, 0.5) is 17.5 Å². The van der Waals surface area contributed by atoms with Crippen LogP contribution in [0.1, 0.15) is 19.8 Å². The van der Waals surface area contributed by atoms with Crippen LogP contribution in [-0.2, 0) is 4.74 Å². The van der Waals surface area contributed by atoms with Gasteiger partial charge in [-0.2, -0.15) is 4.98 Å². The van der Waals surface area contributed by atoms with Gasteiger partial charge in [-0.3, -0.25) is 10.1 Å². The minimum absolute atomic E-state index is 0.0637. The Morgan fingerprint density at radius 1 is 1.52 bits per heavy atom. The molecule has 1 aromatic rings. The molecule has 1 saturated heterocycles. The molecule has 8 heteroatoms. The Hall–Kier alpha value is -1.96. The third-order valence-electron chi connectivity index (χ3n) is 3.52. The van der Waals surface area contributed by atoms with E-state index in [4.69, 9.17) is 4.74 Å². The minimum atomic E-state index is -0.439. The van der Waals surface area contributed by atoms with E-state index in [1.54, 1.807) is 0 Å². The van der Waals surface area contributed by atoms with Crippen LogP contribution in [0.3, 0.4) is 0 Å². The van der Waals surface area contributed by atoms with Crippen LogP contribution in [-0.4, -0.2) is 48.2 Å². The average Bonchev–Trinajstić information content (AvgIpc) is 2.48. The maximum atomic E-state index is 11.1. The van der Waals surface area contributed by atoms with E-state index in [1.165, 1.54) is 6.20 Å². The summed E-state index contributed by atoms with van der Waals surface area (Å²) in [6, 6.07) is 0. The van der Waals surface area contributed by atoms with Crippen molar-refractivity contribution in [1.29, 1.82) is 0 Å². The molecule has 8 nitrogen and oxygen atoms in total. The van der Waals surface area contributed by atoms with Crippen molar-refractivity contribution in [2.45, 2.75) is 19.8 Å². The monoisotopic (exact) mass is 295 g/mol. The Labute approximate surface area is 123 Å². The van der Waals surface area contributed by atoms with E-state index in [2.05, 4.69) is 15.3 Å². The van der Waals surface area contributed by atoms with Gasteiger partial charge in [0.2, 0.25) is 11.8 Å². The summed E-state index contributed by atoms with van der Waals surface area (Å²) in [4.78, 5) is 20.8. The summed E-state index contributed by atoms with van der Waals surface area (Å²) in [6.07, 6.45) is 3.22. The van der Waals surface area contributed by atoms with Crippen LogP contribution in [0.15, 0.2) is 6.20 Å². The van der Waals surface area contributed by atoms with Crippen LogP contribution in [0.5, 0.6) is 0 Å². The molecular formula is C13H21N5O3. The van der Waals surface area contributed by atoms with Gasteiger partial charge in [0.1, 0.15) is 6.20 Å². The summed E-state index contributed by atoms with van der Waals surface area (Å²) in [5.74, 6) is 1.25. The first-order valence-electron chi connectivity index (χ1n) is 7.16. The zero-order valence-corrected chi connectivity index (χ0v) is 12.4. The Bertz CT molecular complexity index is 491. The number of anilines is 2. The van der Waals surface area contributed by atoms with Gasteiger partial charge in [0, 0.05) is 33.4 Å². The molecule has 0 atom stereocenters. The number of nitrogens with zero attached hydrogens (tertiary/aromatic N) is 4. The van der Waals surface area contributed by atoms with Gasteiger partial charge in [0.05, 0.1) is 4.92 Å². The topological polar surface area (TPSA) is 93.4 Å². The molecule has 116 valence electrons. The first kappa shape index (κ1) is 15.4. The van der Waals surface area contributed by atoms with Gasteiger partial charge in [-0.15, -0.1) is 0 Å². The highest BCUT2D eigenvalue weighted by Gasteiger charge is 2.23. The number of hydrogen-bond acceptors (Lipinski definition) is 7. The zero-order chi connectivity index (χ0) is 15.2. The summed E-state index contributed by atoms with van der Waals surface area (Å²) in [5.41, 5.74) is -0.0637. The summed E-state index contributed by atoms with van der Waals surface area (Å²) in [7, 11) is 1.83. The maximum Gasteiger partial charge on any atom is 0.329 e. The lowest BCUT2D eigenvalue weighted by atomic mass is 10.00. The van der Waals surface area contributed by atoms with Gasteiger partial charge in [-0.1, -0.05) is 0 Å². The molecule has 1 N–H and O–H groups in total. The molecule has 1 fully saturated rings. The van der Waals surface area contributed by atoms with Gasteiger partial charge in [0.15, 0.2) is 0 Å². The number of ether oxygens (including phenoxy) is 1. The molecule has 1 aromatic heterocycles. The molecular weight excluding hydrogens is 274 g/mol. The second-order valence-electron chi connectivity index (χ2n) is 5.13. The normalized spacial score (nSPS) is 15.7. The Morgan fingerprint density at radius 2 is 2.24 bits per heavy atom. The van der Waals surface area contributed by atoms with E-state index >= 15 is 0 Å². The third-order valence-corrected chi connectivity index (χ3v) is 3.52. The van der Waals surface area contributed by atoms with E-state index in [0.717, 1.165) is 32.6 Å². The molecule has 2 rings (SSSR count). The predicted molar refractivity (Wildman–Crippen MR) is 79.7 cm³/mol. The summed E-state index contributed by atoms with van der Waals surface area (Å²) in [5, 5.41) is 14.1. The van der Waals surface area contributed by atoms with Crippen LogP contribution < -0.4 is 10.2 Å². The molecule has 21 heavy (non-hydrogen) atoms. The number of hydrogen-bond donors (Lipinski definition) is 1. The molecule has 0 aromatic carbocycles. The molecule has 2 heterocycles. The van der Waals surface area contributed by atoms with E-state index in [9.17, 15) is 10.1 Å². The third kappa shape index (κ3) is 4.01. The smallest absolute Gasteiger partial charge is 0.329 e. The fourth-order valence-electron chi connectivity index (χ4n) is 2.42. The molecule has 1 aliphatic rings. The number of aromatic nitrogens is 2. The van der Waals surface area contributed by atoms with Crippen molar-refractivity contribution in [3.63, 3.8) is 0 Å². The van der Waals surface area contributed by atoms with Crippen molar-refractivity contribution in [1.82, 2.24) is 9.97 Å². The molecule has 0 bridgehead atoms. The standard InChI is InChI=1S/C13H21N5O3/c1-3-14-13-15-8-11(18(19)20)12(16-13)17(2)9-10-4-6-21-7-5-10/h8,10H,3-7,9H2,1-2H3,(H,14,15,16). The van der Waals surface area contributed by atoms with Crippen LogP contribution in [0.25, 0.3) is 0 Å². The van der Waals surface area contributed by atoms with Crippen LogP contribution in [0, 0.1) is 16.0 Å². The largest absolute Gasteiger partial charge is 0.381 e. The van der Waals surface area contributed by atoms with E-state index in [0.29, 0.717) is 24.2 Å². The van der Waals surface area contributed by atoms with Gasteiger partial charge >= 0.3 is 5.69 Å². The zero-order valence-electron chi connectivity index (χ0n) is 12.4. The highest BCUT2D eigenvalue weighted by Crippen LogP contribution is 2.27. The fraction of sp³-hybridized carbons (Fsp3) is 0.692. The maximum absolute atomic E-state index is 11.1. The Balaban J connectivity index is 2.17. The second kappa shape index (κ2) is 7.16. The molecule has 0 amide bonds. The van der Waals surface area contributed by atoms with Crippen molar-refractivity contribution >= 4 is 17.5 Å². The lowest BCUT2D eigenvalue weighted by Crippen LogP contribution is -2.30. The number of nitrogens with one attached hydrogen (secondary N) is 1. The quantitative estimate of drug-likeness (QED) is 0.630. The minimum Gasteiger partial charge on any atom is -0.381 e. The second-order valence-corrected chi connectivity index (χ2v) is 5.13. The molecule has 0 saturated carbocycles. The molecule has 0 spiro atoms. The van der Waals surface area contributed by atoms with Gasteiger partial charge in [0.25, 0.3) is 0 Å². The highest BCUT2D eigenvalue weighted by molar-refractivity contribution is 5.58. The molecule has 0 unspecified atom stereocenters. The summed E-state index contributed by atoms with van der Waals surface area (Å²) < 4.78 is 5.34. The van der Waals surface area contributed by atoms with Gasteiger partial charge in [-0.25, -0.2) is 4.98 Å². The van der Waals surface area contributed by atoms with Crippen LogP contribution in [0.2, 0.25) is 0 Å². The summed E-state index contributed by atoms with van der Waals surface area (Å²) in [6.45, 7) is 4.84. The highest BCUT2D eigenvalue weighted by atomic mass is 16.6. The van der Waals surface area contributed by atoms with Crippen molar-refractivity contribution in [3.8, 4) is 0 Å². The van der Waals surface area contributed by atoms with Crippen molar-refractivity contribution in [2.24, 2.45) is 5.92 Å². The van der Waals surface area contributed by atoms with Gasteiger partial charge < -0.3 is 15.0 Å². The van der Waals surface area contributed by atoms with Crippen molar-refractivity contribution in [3.05, 3.63) is 16.3 Å². The van der Waals surface area contributed by atoms with Crippen LogP contribution >= 0.6 is 0 Å². The number of nitro groups is 1. The lowest BCUT2D eigenvalue weighted by molar-refractivity contribution is -0.384. The fourth-order valence-corrected chi connectivity index (χ4v) is 2.42. The van der Waals surface area contributed by atoms with Crippen molar-refractivity contribution < 1.29 is 9.66 Å². The molecule has 0 aliphatic carbocycles. The first-order valence-corrected chi connectivity index (χ1v) is 7.16. The van der Waals surface area contributed by atoms with Crippen molar-refractivity contribution in [2.75, 3.05) is 43.6 Å². The molecule has 0 radical (unpaired) electrons. The molecule has 1 aliphatic heterocycles. The van der Waals surface area contributed by atoms with E-state index in [-0.39, 0.29) is 5.69 Å².